The summed E-state index contributed by atoms with van der Waals surface area (Å²) in [6, 6.07) is 10.7. The maximum absolute atomic E-state index is 12.3. The summed E-state index contributed by atoms with van der Waals surface area (Å²) in [5.74, 6) is -0.877. The highest BCUT2D eigenvalue weighted by atomic mass is 16.6. The second-order valence-corrected chi connectivity index (χ2v) is 6.33. The van der Waals surface area contributed by atoms with Crippen LogP contribution in [0.4, 0.5) is 11.4 Å². The number of fused-ring (bicyclic) bond motifs is 1. The first-order valence-corrected chi connectivity index (χ1v) is 9.08. The molecule has 0 radical (unpaired) electrons. The minimum atomic E-state index is -0.600. The van der Waals surface area contributed by atoms with Crippen LogP contribution in [0.2, 0.25) is 0 Å². The fourth-order valence-corrected chi connectivity index (χ4v) is 3.08. The molecule has 29 heavy (non-hydrogen) atoms. The van der Waals surface area contributed by atoms with Crippen molar-refractivity contribution in [2.75, 3.05) is 18.5 Å². The van der Waals surface area contributed by atoms with Gasteiger partial charge in [0.25, 0.3) is 17.5 Å². The summed E-state index contributed by atoms with van der Waals surface area (Å²) >= 11 is 0. The molecule has 0 unspecified atom stereocenters. The number of hydrogen-bond donors (Lipinski definition) is 1. The van der Waals surface area contributed by atoms with E-state index in [1.165, 1.54) is 18.2 Å². The number of carbonyl (C=O) groups is 3. The maximum Gasteiger partial charge on any atom is 0.296 e. The van der Waals surface area contributed by atoms with E-state index in [0.717, 1.165) is 4.90 Å². The number of nitro benzene ring substituents is 1. The van der Waals surface area contributed by atoms with Gasteiger partial charge < -0.3 is 10.1 Å². The highest BCUT2D eigenvalue weighted by Crippen LogP contribution is 2.29. The molecule has 2 aromatic carbocycles. The van der Waals surface area contributed by atoms with Crippen molar-refractivity contribution in [2.45, 2.75) is 19.8 Å². The van der Waals surface area contributed by atoms with E-state index in [0.29, 0.717) is 23.5 Å². The Balaban J connectivity index is 1.58. The zero-order chi connectivity index (χ0) is 21.0. The first kappa shape index (κ1) is 20.0. The van der Waals surface area contributed by atoms with E-state index in [4.69, 9.17) is 4.74 Å². The van der Waals surface area contributed by atoms with Crippen molar-refractivity contribution in [1.29, 1.82) is 0 Å². The molecule has 150 valence electrons. The Morgan fingerprint density at radius 3 is 2.38 bits per heavy atom. The topological polar surface area (TPSA) is 119 Å². The van der Waals surface area contributed by atoms with Gasteiger partial charge in [0.15, 0.2) is 0 Å². The van der Waals surface area contributed by atoms with Gasteiger partial charge in [0.1, 0.15) is 11.4 Å². The van der Waals surface area contributed by atoms with Crippen LogP contribution in [0.25, 0.3) is 0 Å². The minimum absolute atomic E-state index is 0.00221. The number of imide groups is 1. The van der Waals surface area contributed by atoms with E-state index >= 15 is 0 Å². The summed E-state index contributed by atoms with van der Waals surface area (Å²) in [5.41, 5.74) is 0.493. The lowest BCUT2D eigenvalue weighted by Crippen LogP contribution is -2.31. The van der Waals surface area contributed by atoms with Gasteiger partial charge in [-0.05, 0) is 37.6 Å². The molecule has 0 bridgehead atoms. The monoisotopic (exact) mass is 397 g/mol. The fraction of sp³-hybridized carbons (Fsp3) is 0.250. The minimum Gasteiger partial charge on any atom is -0.494 e. The molecule has 0 fully saturated rings. The molecule has 0 aromatic heterocycles. The van der Waals surface area contributed by atoms with Crippen molar-refractivity contribution in [2.24, 2.45) is 0 Å². The fourth-order valence-electron chi connectivity index (χ4n) is 3.08. The molecule has 3 rings (SSSR count). The van der Waals surface area contributed by atoms with Crippen molar-refractivity contribution < 1.29 is 24.0 Å². The number of carbonyl (C=O) groups excluding carboxylic acids is 3. The van der Waals surface area contributed by atoms with Crippen LogP contribution >= 0.6 is 0 Å². The summed E-state index contributed by atoms with van der Waals surface area (Å²) < 4.78 is 5.24. The number of nitrogens with one attached hydrogen (secondary N) is 1. The van der Waals surface area contributed by atoms with Crippen LogP contribution in [-0.2, 0) is 4.79 Å². The quantitative estimate of drug-likeness (QED) is 0.415. The molecule has 0 saturated heterocycles. The number of anilines is 1. The van der Waals surface area contributed by atoms with Gasteiger partial charge in [-0.25, -0.2) is 0 Å². The van der Waals surface area contributed by atoms with E-state index in [9.17, 15) is 24.5 Å². The first-order valence-electron chi connectivity index (χ1n) is 9.08. The number of nitro groups is 1. The van der Waals surface area contributed by atoms with Crippen LogP contribution in [-0.4, -0.2) is 40.7 Å². The third-order valence-corrected chi connectivity index (χ3v) is 4.41. The summed E-state index contributed by atoms with van der Waals surface area (Å²) in [6.45, 7) is 2.21. The highest BCUT2D eigenvalue weighted by Gasteiger charge is 2.34. The van der Waals surface area contributed by atoms with Crippen molar-refractivity contribution >= 4 is 29.1 Å². The lowest BCUT2D eigenvalue weighted by Gasteiger charge is -2.13. The normalized spacial score (nSPS) is 12.7. The molecule has 9 heteroatoms. The van der Waals surface area contributed by atoms with Crippen molar-refractivity contribution in [3.8, 4) is 5.75 Å². The SMILES string of the molecule is CCOc1ccc(NC(=O)CCCN2C(=O)c3ccccc3C2=O)c([N+](=O)[O-])c1. The van der Waals surface area contributed by atoms with Gasteiger partial charge in [-0.3, -0.25) is 29.4 Å². The number of rotatable bonds is 8. The lowest BCUT2D eigenvalue weighted by atomic mass is 10.1. The number of hydrogen-bond acceptors (Lipinski definition) is 6. The molecular formula is C20H19N3O6. The van der Waals surface area contributed by atoms with E-state index in [-0.39, 0.29) is 42.6 Å². The molecule has 0 saturated carbocycles. The van der Waals surface area contributed by atoms with Crippen molar-refractivity contribution in [3.63, 3.8) is 0 Å². The zero-order valence-corrected chi connectivity index (χ0v) is 15.7. The number of ether oxygens (including phenoxy) is 1. The Kier molecular flexibility index (Phi) is 5.87. The Morgan fingerprint density at radius 2 is 1.79 bits per heavy atom. The molecule has 9 nitrogen and oxygen atoms in total. The van der Waals surface area contributed by atoms with Crippen LogP contribution in [0.15, 0.2) is 42.5 Å². The van der Waals surface area contributed by atoms with Crippen LogP contribution in [0.5, 0.6) is 5.75 Å². The second-order valence-electron chi connectivity index (χ2n) is 6.33. The summed E-state index contributed by atoms with van der Waals surface area (Å²) in [6.07, 6.45) is 0.236. The number of amides is 3. The third kappa shape index (κ3) is 4.23. The smallest absolute Gasteiger partial charge is 0.296 e. The molecular weight excluding hydrogens is 378 g/mol. The largest absolute Gasteiger partial charge is 0.494 e. The Hall–Kier alpha value is -3.75. The molecule has 3 amide bonds. The predicted octanol–water partition coefficient (Wildman–Crippen LogP) is 3.01. The Bertz CT molecular complexity index is 953. The van der Waals surface area contributed by atoms with Crippen LogP contribution < -0.4 is 10.1 Å². The molecule has 1 heterocycles. The Labute approximate surface area is 166 Å². The van der Waals surface area contributed by atoms with Crippen molar-refractivity contribution in [1.82, 2.24) is 4.90 Å². The van der Waals surface area contributed by atoms with E-state index in [1.54, 1.807) is 31.2 Å². The summed E-state index contributed by atoms with van der Waals surface area (Å²) in [4.78, 5) is 48.5. The van der Waals surface area contributed by atoms with Crippen LogP contribution in [0, 0.1) is 10.1 Å². The third-order valence-electron chi connectivity index (χ3n) is 4.41. The number of nitrogens with zero attached hydrogens (tertiary/aromatic N) is 2. The second kappa shape index (κ2) is 8.51. The first-order chi connectivity index (χ1) is 13.9. The van der Waals surface area contributed by atoms with Gasteiger partial charge in [-0.1, -0.05) is 12.1 Å². The van der Waals surface area contributed by atoms with Gasteiger partial charge >= 0.3 is 0 Å². The van der Waals surface area contributed by atoms with E-state index in [1.807, 2.05) is 0 Å². The zero-order valence-electron chi connectivity index (χ0n) is 15.7. The van der Waals surface area contributed by atoms with Gasteiger partial charge in [0.2, 0.25) is 5.91 Å². The van der Waals surface area contributed by atoms with Gasteiger partial charge in [-0.2, -0.15) is 0 Å². The number of benzene rings is 2. The lowest BCUT2D eigenvalue weighted by molar-refractivity contribution is -0.384. The average Bonchev–Trinajstić information content (AvgIpc) is 2.94. The van der Waals surface area contributed by atoms with Gasteiger partial charge in [0.05, 0.1) is 28.7 Å². The molecule has 0 spiro atoms. The summed E-state index contributed by atoms with van der Waals surface area (Å²) in [5, 5.41) is 13.7. The molecule has 0 aliphatic carbocycles. The molecule has 1 N–H and O–H groups in total. The molecule has 1 aliphatic rings. The highest BCUT2D eigenvalue weighted by molar-refractivity contribution is 6.21. The van der Waals surface area contributed by atoms with Gasteiger partial charge in [-0.15, -0.1) is 0 Å². The van der Waals surface area contributed by atoms with Crippen molar-refractivity contribution in [3.05, 3.63) is 63.7 Å². The molecule has 1 aliphatic heterocycles. The maximum atomic E-state index is 12.3. The predicted molar refractivity (Wildman–Crippen MR) is 104 cm³/mol. The van der Waals surface area contributed by atoms with E-state index < -0.39 is 10.8 Å². The van der Waals surface area contributed by atoms with Crippen LogP contribution in [0.3, 0.4) is 0 Å². The van der Waals surface area contributed by atoms with Crippen LogP contribution in [0.1, 0.15) is 40.5 Å². The average molecular weight is 397 g/mol. The van der Waals surface area contributed by atoms with Gasteiger partial charge in [0, 0.05) is 13.0 Å². The molecule has 2 aromatic rings. The molecule has 0 atom stereocenters. The Morgan fingerprint density at radius 1 is 1.14 bits per heavy atom. The summed E-state index contributed by atoms with van der Waals surface area (Å²) in [7, 11) is 0. The standard InChI is InChI=1S/C20H19N3O6/c1-2-29-13-9-10-16(17(12-13)23(27)28)21-18(24)8-5-11-22-19(25)14-6-3-4-7-15(14)20(22)26/h3-4,6-7,9-10,12H,2,5,8,11H2,1H3,(H,21,24). The van der Waals surface area contributed by atoms with E-state index in [2.05, 4.69) is 5.32 Å².